The van der Waals surface area contributed by atoms with Gasteiger partial charge in [-0.05, 0) is 12.1 Å². The van der Waals surface area contributed by atoms with E-state index in [9.17, 15) is 0 Å². The number of pyridine rings is 1. The summed E-state index contributed by atoms with van der Waals surface area (Å²) in [4.78, 5) is 11.9. The Kier molecular flexibility index (Phi) is 2.86. The third-order valence-electron chi connectivity index (χ3n) is 1.28. The standard InChI is InChI=1S/C7H5N3.Pb/c1-2-6-7(9-3-1)4-8-5-10-6;/h1-5H;. The monoisotopic (exact) mass is 339 g/mol. The van der Waals surface area contributed by atoms with Gasteiger partial charge in [0.15, 0.2) is 0 Å². The molecule has 0 spiro atoms. The van der Waals surface area contributed by atoms with Gasteiger partial charge in [-0.15, -0.1) is 0 Å². The molecule has 0 aliphatic heterocycles. The minimum atomic E-state index is 0. The van der Waals surface area contributed by atoms with E-state index in [0.29, 0.717) is 0 Å². The first kappa shape index (κ1) is 8.51. The first-order valence-corrected chi connectivity index (χ1v) is 2.97. The fraction of sp³-hybridized carbons (Fsp3) is 0. The van der Waals surface area contributed by atoms with Crippen LogP contribution in [-0.4, -0.2) is 42.3 Å². The number of hydrogen-bond acceptors (Lipinski definition) is 3. The molecule has 0 aromatic carbocycles. The number of aromatic nitrogens is 3. The van der Waals surface area contributed by atoms with Crippen molar-refractivity contribution in [1.82, 2.24) is 15.0 Å². The summed E-state index contributed by atoms with van der Waals surface area (Å²) in [5, 5.41) is 0. The number of fused-ring (bicyclic) bond motifs is 1. The van der Waals surface area contributed by atoms with Gasteiger partial charge >= 0.3 is 0 Å². The van der Waals surface area contributed by atoms with Crippen LogP contribution in [0.15, 0.2) is 30.9 Å². The van der Waals surface area contributed by atoms with Crippen LogP contribution in [0.4, 0.5) is 0 Å². The Hall–Kier alpha value is -0.588. The second kappa shape index (κ2) is 3.70. The van der Waals surface area contributed by atoms with Gasteiger partial charge in [-0.25, -0.2) is 9.97 Å². The van der Waals surface area contributed by atoms with E-state index in [1.54, 1.807) is 12.4 Å². The zero-order chi connectivity index (χ0) is 6.81. The van der Waals surface area contributed by atoms with Gasteiger partial charge in [-0.1, -0.05) is 0 Å². The quantitative estimate of drug-likeness (QED) is 0.662. The summed E-state index contributed by atoms with van der Waals surface area (Å²) in [6.07, 6.45) is 4.94. The normalized spacial score (nSPS) is 9.09. The Labute approximate surface area is 84.1 Å². The van der Waals surface area contributed by atoms with E-state index in [4.69, 9.17) is 0 Å². The van der Waals surface area contributed by atoms with Crippen molar-refractivity contribution in [3.8, 4) is 0 Å². The Balaban J connectivity index is 0.000000605. The van der Waals surface area contributed by atoms with E-state index in [2.05, 4.69) is 15.0 Å². The molecular formula is C7H5N3Pb. The average Bonchev–Trinajstić information content (AvgIpc) is 2.05. The largest absolute Gasteiger partial charge is 0.253 e. The van der Waals surface area contributed by atoms with Gasteiger partial charge in [-0.3, -0.25) is 4.98 Å². The molecule has 0 aliphatic carbocycles. The molecular weight excluding hydrogens is 333 g/mol. The molecule has 0 fully saturated rings. The summed E-state index contributed by atoms with van der Waals surface area (Å²) < 4.78 is 0. The van der Waals surface area contributed by atoms with E-state index < -0.39 is 0 Å². The Bertz CT molecular complexity index is 285. The maximum Gasteiger partial charge on any atom is 0.116 e. The average molecular weight is 338 g/mol. The molecule has 0 aliphatic rings. The van der Waals surface area contributed by atoms with Crippen LogP contribution >= 0.6 is 0 Å². The summed E-state index contributed by atoms with van der Waals surface area (Å²) in [5.74, 6) is 0. The molecule has 2 aromatic rings. The molecule has 0 unspecified atom stereocenters. The summed E-state index contributed by atoms with van der Waals surface area (Å²) in [6.45, 7) is 0. The first-order valence-electron chi connectivity index (χ1n) is 2.97. The number of hydrogen-bond donors (Lipinski definition) is 0. The van der Waals surface area contributed by atoms with Crippen LogP contribution in [0, 0.1) is 0 Å². The molecule has 11 heavy (non-hydrogen) atoms. The molecule has 2 aromatic heterocycles. The van der Waals surface area contributed by atoms with Gasteiger partial charge in [-0.2, -0.15) is 0 Å². The van der Waals surface area contributed by atoms with Gasteiger partial charge in [0, 0.05) is 33.5 Å². The van der Waals surface area contributed by atoms with E-state index in [1.165, 1.54) is 6.33 Å². The maximum atomic E-state index is 4.06. The molecule has 4 radical (unpaired) electrons. The van der Waals surface area contributed by atoms with Crippen molar-refractivity contribution in [2.45, 2.75) is 0 Å². The van der Waals surface area contributed by atoms with E-state index in [1.807, 2.05) is 12.1 Å². The smallest absolute Gasteiger partial charge is 0.116 e. The molecule has 0 saturated carbocycles. The molecule has 0 saturated heterocycles. The van der Waals surface area contributed by atoms with Crippen LogP contribution in [0.1, 0.15) is 0 Å². The molecule has 3 nitrogen and oxygen atoms in total. The summed E-state index contributed by atoms with van der Waals surface area (Å²) in [5.41, 5.74) is 1.72. The van der Waals surface area contributed by atoms with Crippen LogP contribution in [-0.2, 0) is 0 Å². The third kappa shape index (κ3) is 1.71. The molecule has 0 N–H and O–H groups in total. The third-order valence-corrected chi connectivity index (χ3v) is 1.28. The van der Waals surface area contributed by atoms with Gasteiger partial charge in [0.1, 0.15) is 11.8 Å². The zero-order valence-corrected chi connectivity index (χ0v) is 9.62. The van der Waals surface area contributed by atoms with Crippen LogP contribution in [0.5, 0.6) is 0 Å². The molecule has 0 amide bonds. The van der Waals surface area contributed by atoms with Crippen molar-refractivity contribution in [2.24, 2.45) is 0 Å². The predicted octanol–water partition coefficient (Wildman–Crippen LogP) is 0.644. The fourth-order valence-electron chi connectivity index (χ4n) is 0.817. The van der Waals surface area contributed by atoms with Crippen LogP contribution < -0.4 is 0 Å². The zero-order valence-electron chi connectivity index (χ0n) is 5.73. The Morgan fingerprint density at radius 2 is 2.00 bits per heavy atom. The van der Waals surface area contributed by atoms with E-state index >= 15 is 0 Å². The van der Waals surface area contributed by atoms with Gasteiger partial charge in [0.2, 0.25) is 0 Å². The summed E-state index contributed by atoms with van der Waals surface area (Å²) in [6, 6.07) is 3.76. The number of nitrogens with zero attached hydrogens (tertiary/aromatic N) is 3. The maximum absolute atomic E-state index is 4.06. The van der Waals surface area contributed by atoms with Gasteiger partial charge in [0.25, 0.3) is 0 Å². The Morgan fingerprint density at radius 1 is 1.09 bits per heavy atom. The van der Waals surface area contributed by atoms with Crippen molar-refractivity contribution >= 4 is 38.3 Å². The minimum absolute atomic E-state index is 0. The predicted molar refractivity (Wildman–Crippen MR) is 43.1 cm³/mol. The second-order valence-electron chi connectivity index (χ2n) is 1.93. The van der Waals surface area contributed by atoms with Crippen molar-refractivity contribution in [3.63, 3.8) is 0 Å². The molecule has 2 rings (SSSR count). The summed E-state index contributed by atoms with van der Waals surface area (Å²) in [7, 11) is 0. The topological polar surface area (TPSA) is 38.7 Å². The number of rotatable bonds is 0. The Morgan fingerprint density at radius 3 is 2.82 bits per heavy atom. The van der Waals surface area contributed by atoms with Crippen molar-refractivity contribution < 1.29 is 0 Å². The molecule has 52 valence electrons. The van der Waals surface area contributed by atoms with Crippen molar-refractivity contribution in [1.29, 1.82) is 0 Å². The van der Waals surface area contributed by atoms with Crippen molar-refractivity contribution in [2.75, 3.05) is 0 Å². The molecule has 0 bridgehead atoms. The van der Waals surface area contributed by atoms with Crippen LogP contribution in [0.2, 0.25) is 0 Å². The van der Waals surface area contributed by atoms with Gasteiger partial charge in [0.05, 0.1) is 11.7 Å². The van der Waals surface area contributed by atoms with Gasteiger partial charge < -0.3 is 0 Å². The molecule has 4 heteroatoms. The van der Waals surface area contributed by atoms with Crippen LogP contribution in [0.25, 0.3) is 11.0 Å². The fourth-order valence-corrected chi connectivity index (χ4v) is 0.817. The SMILES string of the molecule is [Pb].c1cnc2cncnc2c1. The first-order chi connectivity index (χ1) is 4.97. The van der Waals surface area contributed by atoms with E-state index in [0.717, 1.165) is 11.0 Å². The van der Waals surface area contributed by atoms with E-state index in [-0.39, 0.29) is 27.3 Å². The minimum Gasteiger partial charge on any atom is -0.253 e. The summed E-state index contributed by atoms with van der Waals surface area (Å²) >= 11 is 0. The molecule has 0 atom stereocenters. The van der Waals surface area contributed by atoms with Crippen molar-refractivity contribution in [3.05, 3.63) is 30.9 Å². The second-order valence-corrected chi connectivity index (χ2v) is 1.93. The molecule has 2 heterocycles. The van der Waals surface area contributed by atoms with Crippen LogP contribution in [0.3, 0.4) is 0 Å².